The average molecular weight is 389 g/mol. The van der Waals surface area contributed by atoms with Gasteiger partial charge < -0.3 is 14.6 Å². The lowest BCUT2D eigenvalue weighted by Crippen LogP contribution is -2.32. The quantitative estimate of drug-likeness (QED) is 0.698. The first kappa shape index (κ1) is 19.2. The second-order valence-corrected chi connectivity index (χ2v) is 7.66. The van der Waals surface area contributed by atoms with Crippen LogP contribution in [0.1, 0.15) is 47.0 Å². The molecule has 1 heterocycles. The largest absolute Gasteiger partial charge is 0.497 e. The molecule has 0 unspecified atom stereocenters. The van der Waals surface area contributed by atoms with Crippen LogP contribution in [0.4, 0.5) is 0 Å². The van der Waals surface area contributed by atoms with Gasteiger partial charge in [0, 0.05) is 19.4 Å². The topological polar surface area (TPSA) is 56.1 Å². The highest BCUT2D eigenvalue weighted by atomic mass is 16.5. The van der Waals surface area contributed by atoms with Crippen molar-refractivity contribution in [2.75, 3.05) is 7.11 Å². The number of rotatable bonds is 6. The van der Waals surface area contributed by atoms with Gasteiger partial charge in [-0.3, -0.25) is 4.79 Å². The Balaban J connectivity index is 1.54. The number of hydrogen-bond donors (Lipinski definition) is 1. The summed E-state index contributed by atoms with van der Waals surface area (Å²) >= 11 is 0. The van der Waals surface area contributed by atoms with Gasteiger partial charge in [-0.25, -0.2) is 4.98 Å². The predicted molar refractivity (Wildman–Crippen MR) is 113 cm³/mol. The van der Waals surface area contributed by atoms with Gasteiger partial charge in [0.15, 0.2) is 0 Å². The highest BCUT2D eigenvalue weighted by molar-refractivity contribution is 5.79. The van der Waals surface area contributed by atoms with Gasteiger partial charge in [-0.15, -0.1) is 0 Å². The molecule has 2 aromatic carbocycles. The molecule has 1 aromatic heterocycles. The monoisotopic (exact) mass is 389 g/mol. The van der Waals surface area contributed by atoms with E-state index in [0.717, 1.165) is 35.5 Å². The van der Waals surface area contributed by atoms with Gasteiger partial charge in [0.05, 0.1) is 13.5 Å². The van der Waals surface area contributed by atoms with Crippen molar-refractivity contribution in [1.29, 1.82) is 0 Å². The first-order valence-electron chi connectivity index (χ1n) is 10.2. The van der Waals surface area contributed by atoms with Crippen molar-refractivity contribution in [3.63, 3.8) is 0 Å². The van der Waals surface area contributed by atoms with Crippen molar-refractivity contribution in [2.24, 2.45) is 7.05 Å². The zero-order valence-corrected chi connectivity index (χ0v) is 17.0. The van der Waals surface area contributed by atoms with Crippen LogP contribution in [0.15, 0.2) is 54.9 Å². The third-order valence-corrected chi connectivity index (χ3v) is 5.65. The third kappa shape index (κ3) is 4.34. The summed E-state index contributed by atoms with van der Waals surface area (Å²) in [5.74, 6) is 1.58. The molecule has 0 radical (unpaired) electrons. The SMILES string of the molecule is COc1ccc([C@@H](NC(=O)Cc2ccc3c(c2)CCCC3)c2nccn2C)cc1. The van der Waals surface area contributed by atoms with Gasteiger partial charge in [-0.05, 0) is 60.1 Å². The molecule has 5 nitrogen and oxygen atoms in total. The van der Waals surface area contributed by atoms with E-state index in [1.54, 1.807) is 13.3 Å². The van der Waals surface area contributed by atoms with E-state index >= 15 is 0 Å². The number of hydrogen-bond acceptors (Lipinski definition) is 3. The Morgan fingerprint density at radius 1 is 1.14 bits per heavy atom. The lowest BCUT2D eigenvalue weighted by Gasteiger charge is -2.20. The van der Waals surface area contributed by atoms with Crippen LogP contribution in [0.25, 0.3) is 0 Å². The molecule has 0 spiro atoms. The summed E-state index contributed by atoms with van der Waals surface area (Å²) in [6.07, 6.45) is 8.78. The summed E-state index contributed by atoms with van der Waals surface area (Å²) < 4.78 is 7.20. The van der Waals surface area contributed by atoms with Crippen LogP contribution in [0.5, 0.6) is 5.75 Å². The Kier molecular flexibility index (Phi) is 5.65. The van der Waals surface area contributed by atoms with Crippen LogP contribution < -0.4 is 10.1 Å². The number of carbonyl (C=O) groups excluding carboxylic acids is 1. The van der Waals surface area contributed by atoms with Gasteiger partial charge in [0.2, 0.25) is 5.91 Å². The number of carbonyl (C=O) groups is 1. The van der Waals surface area contributed by atoms with E-state index in [-0.39, 0.29) is 11.9 Å². The molecule has 5 heteroatoms. The summed E-state index contributed by atoms with van der Waals surface area (Å²) in [6, 6.07) is 13.9. The first-order valence-corrected chi connectivity index (χ1v) is 10.2. The Labute approximate surface area is 171 Å². The molecular formula is C24H27N3O2. The lowest BCUT2D eigenvalue weighted by atomic mass is 9.90. The number of imidazole rings is 1. The summed E-state index contributed by atoms with van der Waals surface area (Å²) in [5, 5.41) is 3.18. The highest BCUT2D eigenvalue weighted by Gasteiger charge is 2.21. The van der Waals surface area contributed by atoms with Gasteiger partial charge in [0.1, 0.15) is 17.6 Å². The van der Waals surface area contributed by atoms with Crippen molar-refractivity contribution in [3.05, 3.63) is 82.9 Å². The number of amides is 1. The average Bonchev–Trinajstić information content (AvgIpc) is 3.17. The fourth-order valence-electron chi connectivity index (χ4n) is 4.04. The fraction of sp³-hybridized carbons (Fsp3) is 0.333. The number of ether oxygens (including phenoxy) is 1. The molecule has 0 saturated heterocycles. The maximum atomic E-state index is 12.9. The van der Waals surface area contributed by atoms with Crippen LogP contribution in [0.2, 0.25) is 0 Å². The molecule has 1 amide bonds. The van der Waals surface area contributed by atoms with E-state index in [4.69, 9.17) is 4.74 Å². The normalized spacial score (nSPS) is 14.1. The number of aryl methyl sites for hydroxylation is 3. The molecule has 0 aliphatic heterocycles. The van der Waals surface area contributed by atoms with E-state index in [1.807, 2.05) is 42.1 Å². The Hall–Kier alpha value is -3.08. The Morgan fingerprint density at radius 3 is 2.59 bits per heavy atom. The van der Waals surface area contributed by atoms with E-state index in [9.17, 15) is 4.79 Å². The number of aromatic nitrogens is 2. The number of fused-ring (bicyclic) bond motifs is 1. The zero-order chi connectivity index (χ0) is 20.2. The molecule has 29 heavy (non-hydrogen) atoms. The van der Waals surface area contributed by atoms with Gasteiger partial charge >= 0.3 is 0 Å². The van der Waals surface area contributed by atoms with Crippen molar-refractivity contribution < 1.29 is 9.53 Å². The minimum absolute atomic E-state index is 0.00965. The smallest absolute Gasteiger partial charge is 0.225 e. The summed E-state index contributed by atoms with van der Waals surface area (Å²) in [6.45, 7) is 0. The van der Waals surface area contributed by atoms with Gasteiger partial charge in [0.25, 0.3) is 0 Å². The number of benzene rings is 2. The highest BCUT2D eigenvalue weighted by Crippen LogP contribution is 2.24. The van der Waals surface area contributed by atoms with E-state index < -0.39 is 0 Å². The van der Waals surface area contributed by atoms with Crippen molar-refractivity contribution in [2.45, 2.75) is 38.1 Å². The first-order chi connectivity index (χ1) is 14.1. The molecule has 0 bridgehead atoms. The predicted octanol–water partition coefficient (Wildman–Crippen LogP) is 3.76. The second-order valence-electron chi connectivity index (χ2n) is 7.66. The van der Waals surface area contributed by atoms with Crippen molar-refractivity contribution in [3.8, 4) is 5.75 Å². The molecule has 0 fully saturated rings. The maximum absolute atomic E-state index is 12.9. The molecule has 1 aliphatic carbocycles. The summed E-state index contributed by atoms with van der Waals surface area (Å²) in [7, 11) is 3.58. The molecule has 3 aromatic rings. The van der Waals surface area contributed by atoms with Crippen LogP contribution in [0.3, 0.4) is 0 Å². The standard InChI is InChI=1S/C24H27N3O2/c1-27-14-13-25-24(27)23(19-9-11-21(29-2)12-10-19)26-22(28)16-17-7-8-18-5-3-4-6-20(18)15-17/h7-15,23H,3-6,16H2,1-2H3,(H,26,28)/t23-/m1/s1. The lowest BCUT2D eigenvalue weighted by molar-refractivity contribution is -0.121. The van der Waals surface area contributed by atoms with Crippen LogP contribution in [-0.4, -0.2) is 22.6 Å². The minimum atomic E-state index is -0.314. The molecule has 0 saturated carbocycles. The maximum Gasteiger partial charge on any atom is 0.225 e. The van der Waals surface area contributed by atoms with E-state index in [0.29, 0.717) is 6.42 Å². The number of nitrogens with zero attached hydrogens (tertiary/aromatic N) is 2. The van der Waals surface area contributed by atoms with Gasteiger partial charge in [-0.1, -0.05) is 30.3 Å². The van der Waals surface area contributed by atoms with Crippen LogP contribution >= 0.6 is 0 Å². The summed E-state index contributed by atoms with van der Waals surface area (Å²) in [5.41, 5.74) is 4.87. The Morgan fingerprint density at radius 2 is 1.90 bits per heavy atom. The molecule has 4 rings (SSSR count). The zero-order valence-electron chi connectivity index (χ0n) is 17.0. The number of methoxy groups -OCH3 is 1. The van der Waals surface area contributed by atoms with Crippen molar-refractivity contribution >= 4 is 5.91 Å². The van der Waals surface area contributed by atoms with Crippen LogP contribution in [0, 0.1) is 0 Å². The minimum Gasteiger partial charge on any atom is -0.497 e. The molecule has 1 aliphatic rings. The van der Waals surface area contributed by atoms with Crippen LogP contribution in [-0.2, 0) is 31.1 Å². The molecule has 1 atom stereocenters. The Bertz CT molecular complexity index is 992. The number of nitrogens with one attached hydrogen (secondary N) is 1. The molecular weight excluding hydrogens is 362 g/mol. The van der Waals surface area contributed by atoms with E-state index in [2.05, 4.69) is 28.5 Å². The second kappa shape index (κ2) is 8.52. The van der Waals surface area contributed by atoms with E-state index in [1.165, 1.54) is 24.0 Å². The van der Waals surface area contributed by atoms with Gasteiger partial charge in [-0.2, -0.15) is 0 Å². The summed E-state index contributed by atoms with van der Waals surface area (Å²) in [4.78, 5) is 17.4. The fourth-order valence-corrected chi connectivity index (χ4v) is 4.04. The molecule has 150 valence electrons. The molecule has 1 N–H and O–H groups in total. The third-order valence-electron chi connectivity index (χ3n) is 5.65. The van der Waals surface area contributed by atoms with Crippen molar-refractivity contribution in [1.82, 2.24) is 14.9 Å².